The van der Waals surface area contributed by atoms with Crippen LogP contribution >= 0.6 is 11.3 Å². The molecule has 31 heavy (non-hydrogen) atoms. The van der Waals surface area contributed by atoms with Crippen LogP contribution in [0.2, 0.25) is 0 Å². The van der Waals surface area contributed by atoms with Crippen LogP contribution in [0.4, 0.5) is 10.9 Å². The van der Waals surface area contributed by atoms with E-state index in [1.54, 1.807) is 36.0 Å². The largest absolute Gasteiger partial charge is 0.437 e. The SMILES string of the molecule is Nc1ccc(-c2cncc(Oc3ccc4nc(N[C@@H]5CCCC[C@H]5O)sc4c3)n2)cn1. The van der Waals surface area contributed by atoms with Crippen LogP contribution < -0.4 is 15.8 Å². The number of thiazole rings is 1. The van der Waals surface area contributed by atoms with Gasteiger partial charge in [0.05, 0.1) is 40.5 Å². The van der Waals surface area contributed by atoms with Crippen LogP contribution in [0.25, 0.3) is 21.5 Å². The van der Waals surface area contributed by atoms with Gasteiger partial charge in [0.15, 0.2) is 5.13 Å². The van der Waals surface area contributed by atoms with E-state index in [-0.39, 0.29) is 12.1 Å². The van der Waals surface area contributed by atoms with Gasteiger partial charge >= 0.3 is 0 Å². The summed E-state index contributed by atoms with van der Waals surface area (Å²) in [5.41, 5.74) is 8.00. The number of aromatic nitrogens is 4. The first-order valence-corrected chi connectivity index (χ1v) is 11.0. The normalized spacial score (nSPS) is 18.7. The number of nitrogens with one attached hydrogen (secondary N) is 1. The minimum Gasteiger partial charge on any atom is -0.437 e. The highest BCUT2D eigenvalue weighted by Gasteiger charge is 2.23. The fraction of sp³-hybridized carbons (Fsp3) is 0.273. The Morgan fingerprint density at radius 1 is 1.06 bits per heavy atom. The number of hydrogen-bond donors (Lipinski definition) is 3. The van der Waals surface area contributed by atoms with Gasteiger partial charge < -0.3 is 20.9 Å². The zero-order valence-corrected chi connectivity index (χ0v) is 17.5. The molecule has 1 aliphatic carbocycles. The molecule has 3 heterocycles. The molecule has 1 aliphatic rings. The van der Waals surface area contributed by atoms with E-state index in [4.69, 9.17) is 10.5 Å². The lowest BCUT2D eigenvalue weighted by Gasteiger charge is -2.27. The second-order valence-corrected chi connectivity index (χ2v) is 8.60. The van der Waals surface area contributed by atoms with E-state index in [1.165, 1.54) is 0 Å². The Balaban J connectivity index is 1.34. The highest BCUT2D eigenvalue weighted by molar-refractivity contribution is 7.22. The molecular formula is C22H22N6O2S. The summed E-state index contributed by atoms with van der Waals surface area (Å²) in [4.78, 5) is 17.5. The summed E-state index contributed by atoms with van der Waals surface area (Å²) in [6.45, 7) is 0. The van der Waals surface area contributed by atoms with Crippen LogP contribution in [0.5, 0.6) is 11.6 Å². The van der Waals surface area contributed by atoms with Crippen LogP contribution in [0.15, 0.2) is 48.9 Å². The number of nitrogens with two attached hydrogens (primary N) is 1. The van der Waals surface area contributed by atoms with E-state index in [2.05, 4.69) is 25.3 Å². The minimum atomic E-state index is -0.318. The Kier molecular flexibility index (Phi) is 5.35. The molecule has 158 valence electrons. The van der Waals surface area contributed by atoms with Crippen molar-refractivity contribution in [1.82, 2.24) is 19.9 Å². The van der Waals surface area contributed by atoms with Crippen molar-refractivity contribution in [3.8, 4) is 22.9 Å². The first-order valence-electron chi connectivity index (χ1n) is 10.2. The van der Waals surface area contributed by atoms with Crippen molar-refractivity contribution in [2.24, 2.45) is 0 Å². The number of nitrogen functional groups attached to an aromatic ring is 1. The number of aliphatic hydroxyl groups is 1. The van der Waals surface area contributed by atoms with Gasteiger partial charge in [-0.3, -0.25) is 4.98 Å². The van der Waals surface area contributed by atoms with Crippen molar-refractivity contribution in [3.05, 3.63) is 48.9 Å². The maximum atomic E-state index is 10.2. The first kappa shape index (κ1) is 19.7. The summed E-state index contributed by atoms with van der Waals surface area (Å²) >= 11 is 1.55. The van der Waals surface area contributed by atoms with Crippen molar-refractivity contribution < 1.29 is 9.84 Å². The monoisotopic (exact) mass is 434 g/mol. The Hall–Kier alpha value is -3.30. The van der Waals surface area contributed by atoms with Gasteiger partial charge in [-0.05, 0) is 37.1 Å². The van der Waals surface area contributed by atoms with E-state index in [0.29, 0.717) is 23.1 Å². The lowest BCUT2D eigenvalue weighted by Crippen LogP contribution is -2.36. The lowest BCUT2D eigenvalue weighted by atomic mass is 9.93. The fourth-order valence-corrected chi connectivity index (χ4v) is 4.64. The molecule has 8 nitrogen and oxygen atoms in total. The van der Waals surface area contributed by atoms with Gasteiger partial charge in [-0.15, -0.1) is 0 Å². The van der Waals surface area contributed by atoms with Crippen LogP contribution in [-0.4, -0.2) is 37.2 Å². The molecule has 0 aliphatic heterocycles. The van der Waals surface area contributed by atoms with Crippen molar-refractivity contribution in [2.75, 3.05) is 11.1 Å². The number of aliphatic hydroxyl groups excluding tert-OH is 1. The molecule has 0 radical (unpaired) electrons. The standard InChI is InChI=1S/C22H22N6O2S/c23-20-8-5-13(10-25-20)17-11-24-12-21(26-17)30-14-6-7-16-19(9-14)31-22(28-16)27-15-3-1-2-4-18(15)29/h5-12,15,18,29H,1-4H2,(H2,23,25)(H,27,28)/t15-,18-/m1/s1. The third kappa shape index (κ3) is 4.42. The maximum absolute atomic E-state index is 10.2. The fourth-order valence-electron chi connectivity index (χ4n) is 3.68. The molecule has 3 aromatic heterocycles. The molecular weight excluding hydrogens is 412 g/mol. The smallest absolute Gasteiger partial charge is 0.238 e. The Bertz CT molecular complexity index is 1200. The van der Waals surface area contributed by atoms with Crippen molar-refractivity contribution in [1.29, 1.82) is 0 Å². The molecule has 0 saturated heterocycles. The van der Waals surface area contributed by atoms with Crippen LogP contribution in [0.1, 0.15) is 25.7 Å². The Morgan fingerprint density at radius 2 is 1.97 bits per heavy atom. The highest BCUT2D eigenvalue weighted by Crippen LogP contribution is 2.32. The van der Waals surface area contributed by atoms with Crippen molar-refractivity contribution >= 4 is 32.5 Å². The Morgan fingerprint density at radius 3 is 2.81 bits per heavy atom. The van der Waals surface area contributed by atoms with Crippen LogP contribution in [0, 0.1) is 0 Å². The minimum absolute atomic E-state index is 0.0610. The van der Waals surface area contributed by atoms with Gasteiger partial charge in [0.25, 0.3) is 0 Å². The van der Waals surface area contributed by atoms with Gasteiger partial charge in [0.1, 0.15) is 11.6 Å². The van der Waals surface area contributed by atoms with E-state index in [1.807, 2.05) is 24.3 Å². The van der Waals surface area contributed by atoms with Crippen LogP contribution in [-0.2, 0) is 0 Å². The molecule has 1 saturated carbocycles. The van der Waals surface area contributed by atoms with E-state index in [0.717, 1.165) is 46.6 Å². The zero-order chi connectivity index (χ0) is 21.2. The zero-order valence-electron chi connectivity index (χ0n) is 16.7. The number of fused-ring (bicyclic) bond motifs is 1. The van der Waals surface area contributed by atoms with Gasteiger partial charge in [-0.1, -0.05) is 24.2 Å². The first-order chi connectivity index (χ1) is 15.1. The summed E-state index contributed by atoms with van der Waals surface area (Å²) in [7, 11) is 0. The van der Waals surface area contributed by atoms with Gasteiger partial charge in [0.2, 0.25) is 5.88 Å². The second-order valence-electron chi connectivity index (χ2n) is 7.57. The van der Waals surface area contributed by atoms with E-state index in [9.17, 15) is 5.11 Å². The Labute approximate surface area is 183 Å². The number of hydrogen-bond acceptors (Lipinski definition) is 9. The summed E-state index contributed by atoms with van der Waals surface area (Å²) < 4.78 is 6.95. The predicted molar refractivity (Wildman–Crippen MR) is 121 cm³/mol. The third-order valence-electron chi connectivity index (χ3n) is 5.32. The molecule has 9 heteroatoms. The molecule has 5 rings (SSSR count). The van der Waals surface area contributed by atoms with Gasteiger partial charge in [0, 0.05) is 17.8 Å². The average molecular weight is 435 g/mol. The molecule has 0 unspecified atom stereocenters. The molecule has 1 aromatic carbocycles. The van der Waals surface area contributed by atoms with Crippen molar-refractivity contribution in [3.63, 3.8) is 0 Å². The summed E-state index contributed by atoms with van der Waals surface area (Å²) in [6.07, 6.45) is 8.58. The highest BCUT2D eigenvalue weighted by atomic mass is 32.1. The molecule has 4 N–H and O–H groups in total. The molecule has 0 amide bonds. The van der Waals surface area contributed by atoms with E-state index < -0.39 is 0 Å². The second kappa shape index (κ2) is 8.44. The molecule has 0 spiro atoms. The number of pyridine rings is 1. The average Bonchev–Trinajstić information content (AvgIpc) is 3.18. The van der Waals surface area contributed by atoms with Gasteiger partial charge in [-0.2, -0.15) is 0 Å². The van der Waals surface area contributed by atoms with Gasteiger partial charge in [-0.25, -0.2) is 15.0 Å². The summed E-state index contributed by atoms with van der Waals surface area (Å²) in [6, 6.07) is 9.35. The topological polar surface area (TPSA) is 119 Å². The number of anilines is 2. The molecule has 0 bridgehead atoms. The number of ether oxygens (including phenoxy) is 1. The quantitative estimate of drug-likeness (QED) is 0.427. The number of rotatable bonds is 5. The van der Waals surface area contributed by atoms with E-state index >= 15 is 0 Å². The van der Waals surface area contributed by atoms with Crippen molar-refractivity contribution in [2.45, 2.75) is 37.8 Å². The summed E-state index contributed by atoms with van der Waals surface area (Å²) in [5.74, 6) is 1.50. The molecule has 4 aromatic rings. The summed E-state index contributed by atoms with van der Waals surface area (Å²) in [5, 5.41) is 14.4. The molecule has 1 fully saturated rings. The lowest BCUT2D eigenvalue weighted by molar-refractivity contribution is 0.116. The molecule has 2 atom stereocenters. The number of nitrogens with zero attached hydrogens (tertiary/aromatic N) is 4. The number of benzene rings is 1. The third-order valence-corrected chi connectivity index (χ3v) is 6.26. The predicted octanol–water partition coefficient (Wildman–Crippen LogP) is 4.24. The van der Waals surface area contributed by atoms with Crippen LogP contribution in [0.3, 0.4) is 0 Å². The maximum Gasteiger partial charge on any atom is 0.238 e.